The number of pyridine rings is 1. The first-order valence-corrected chi connectivity index (χ1v) is 6.15. The van der Waals surface area contributed by atoms with E-state index in [1.807, 2.05) is 32.2 Å². The first-order chi connectivity index (χ1) is 8.11. The lowest BCUT2D eigenvalue weighted by molar-refractivity contribution is 0.241. The van der Waals surface area contributed by atoms with Crippen LogP contribution in [0.1, 0.15) is 39.2 Å². The van der Waals surface area contributed by atoms with Crippen molar-refractivity contribution in [3.05, 3.63) is 30.1 Å². The Morgan fingerprint density at radius 1 is 1.41 bits per heavy atom. The van der Waals surface area contributed by atoms with E-state index in [1.54, 1.807) is 6.20 Å². The van der Waals surface area contributed by atoms with Crippen LogP contribution in [0.2, 0.25) is 0 Å². The molecule has 3 heteroatoms. The van der Waals surface area contributed by atoms with Crippen LogP contribution in [0, 0.1) is 0 Å². The third kappa shape index (κ3) is 5.50. The van der Waals surface area contributed by atoms with Gasteiger partial charge in [0, 0.05) is 12.2 Å². The van der Waals surface area contributed by atoms with E-state index >= 15 is 0 Å². The van der Waals surface area contributed by atoms with Crippen molar-refractivity contribution in [2.24, 2.45) is 5.73 Å². The Kier molecular flexibility index (Phi) is 5.70. The molecule has 17 heavy (non-hydrogen) atoms. The molecule has 0 saturated heterocycles. The summed E-state index contributed by atoms with van der Waals surface area (Å²) < 4.78 is 5.58. The van der Waals surface area contributed by atoms with Gasteiger partial charge in [-0.1, -0.05) is 19.1 Å². The van der Waals surface area contributed by atoms with Gasteiger partial charge in [0.05, 0.1) is 12.3 Å². The second-order valence-corrected chi connectivity index (χ2v) is 4.43. The van der Waals surface area contributed by atoms with Crippen LogP contribution in [0.5, 0.6) is 5.75 Å². The minimum Gasteiger partial charge on any atom is -0.489 e. The summed E-state index contributed by atoms with van der Waals surface area (Å²) in [5.74, 6) is 0.807. The molecular formula is C14H22N2O. The van der Waals surface area contributed by atoms with Gasteiger partial charge >= 0.3 is 0 Å². The van der Waals surface area contributed by atoms with Crippen LogP contribution in [0.4, 0.5) is 0 Å². The van der Waals surface area contributed by atoms with Crippen LogP contribution in [0.25, 0.3) is 6.08 Å². The monoisotopic (exact) mass is 234 g/mol. The quantitative estimate of drug-likeness (QED) is 0.823. The maximum absolute atomic E-state index is 5.84. The maximum Gasteiger partial charge on any atom is 0.138 e. The molecule has 1 aromatic rings. The summed E-state index contributed by atoms with van der Waals surface area (Å²) in [5, 5.41) is 0. The minimum absolute atomic E-state index is 0.171. The average molecular weight is 234 g/mol. The van der Waals surface area contributed by atoms with E-state index in [0.717, 1.165) is 24.2 Å². The molecule has 0 saturated carbocycles. The third-order valence-electron chi connectivity index (χ3n) is 2.38. The van der Waals surface area contributed by atoms with Gasteiger partial charge in [-0.15, -0.1) is 0 Å². The predicted molar refractivity (Wildman–Crippen MR) is 71.9 cm³/mol. The summed E-state index contributed by atoms with van der Waals surface area (Å²) in [5.41, 5.74) is 6.89. The van der Waals surface area contributed by atoms with E-state index in [2.05, 4.69) is 18.0 Å². The molecule has 2 N–H and O–H groups in total. The Balaban J connectivity index is 2.59. The number of hydrogen-bond donors (Lipinski definition) is 1. The number of hydrogen-bond acceptors (Lipinski definition) is 3. The van der Waals surface area contributed by atoms with Crippen molar-refractivity contribution >= 4 is 6.08 Å². The molecule has 1 rings (SSSR count). The largest absolute Gasteiger partial charge is 0.489 e. The van der Waals surface area contributed by atoms with Crippen molar-refractivity contribution in [1.29, 1.82) is 0 Å². The zero-order valence-corrected chi connectivity index (χ0v) is 10.9. The van der Waals surface area contributed by atoms with E-state index in [-0.39, 0.29) is 12.1 Å². The van der Waals surface area contributed by atoms with Gasteiger partial charge in [-0.2, -0.15) is 0 Å². The molecule has 0 spiro atoms. The molecule has 0 fully saturated rings. The topological polar surface area (TPSA) is 48.1 Å². The number of nitrogens with two attached hydrogens (primary N) is 1. The Bertz CT molecular complexity index is 361. The highest BCUT2D eigenvalue weighted by molar-refractivity contribution is 5.49. The van der Waals surface area contributed by atoms with Crippen LogP contribution in [-0.4, -0.2) is 17.1 Å². The summed E-state index contributed by atoms with van der Waals surface area (Å²) in [6.45, 7) is 6.10. The lowest BCUT2D eigenvalue weighted by Crippen LogP contribution is -2.16. The van der Waals surface area contributed by atoms with Crippen LogP contribution in [0.15, 0.2) is 24.5 Å². The highest BCUT2D eigenvalue weighted by Gasteiger charge is 1.99. The Morgan fingerprint density at radius 2 is 2.18 bits per heavy atom. The average Bonchev–Trinajstić information content (AvgIpc) is 2.28. The van der Waals surface area contributed by atoms with Crippen molar-refractivity contribution in [2.75, 3.05) is 0 Å². The van der Waals surface area contributed by atoms with E-state index < -0.39 is 0 Å². The van der Waals surface area contributed by atoms with Gasteiger partial charge in [0.25, 0.3) is 0 Å². The van der Waals surface area contributed by atoms with Crippen LogP contribution in [0.3, 0.4) is 0 Å². The molecular weight excluding hydrogens is 212 g/mol. The van der Waals surface area contributed by atoms with Gasteiger partial charge in [-0.05, 0) is 38.3 Å². The summed E-state index contributed by atoms with van der Waals surface area (Å²) in [7, 11) is 0. The fourth-order valence-electron chi connectivity index (χ4n) is 1.41. The van der Waals surface area contributed by atoms with Crippen molar-refractivity contribution in [3.8, 4) is 5.75 Å². The molecule has 0 aromatic carbocycles. The molecule has 1 aromatic heterocycles. The zero-order valence-electron chi connectivity index (χ0n) is 10.9. The summed E-state index contributed by atoms with van der Waals surface area (Å²) in [6, 6.07) is 2.23. The highest BCUT2D eigenvalue weighted by Crippen LogP contribution is 2.14. The SMILES string of the molecule is CCC(N)CC=Cc1cncc(OC(C)C)c1. The molecule has 0 bridgehead atoms. The molecule has 0 radical (unpaired) electrons. The highest BCUT2D eigenvalue weighted by atomic mass is 16.5. The molecule has 0 amide bonds. The fraction of sp³-hybridized carbons (Fsp3) is 0.500. The molecule has 1 heterocycles. The zero-order chi connectivity index (χ0) is 12.7. The second-order valence-electron chi connectivity index (χ2n) is 4.43. The van der Waals surface area contributed by atoms with Crippen molar-refractivity contribution in [3.63, 3.8) is 0 Å². The Labute approximate surface area is 104 Å². The predicted octanol–water partition coefficient (Wildman–Crippen LogP) is 3.01. The normalized spacial score (nSPS) is 13.2. The lowest BCUT2D eigenvalue weighted by Gasteiger charge is -2.09. The number of aromatic nitrogens is 1. The van der Waals surface area contributed by atoms with Gasteiger partial charge < -0.3 is 10.5 Å². The minimum atomic E-state index is 0.171. The first-order valence-electron chi connectivity index (χ1n) is 6.15. The first kappa shape index (κ1) is 13.7. The van der Waals surface area contributed by atoms with Crippen LogP contribution >= 0.6 is 0 Å². The number of nitrogens with zero attached hydrogens (tertiary/aromatic N) is 1. The maximum atomic E-state index is 5.84. The number of rotatable bonds is 6. The summed E-state index contributed by atoms with van der Waals surface area (Å²) >= 11 is 0. The van der Waals surface area contributed by atoms with Gasteiger partial charge in [0.2, 0.25) is 0 Å². The van der Waals surface area contributed by atoms with E-state index in [1.165, 1.54) is 0 Å². The smallest absolute Gasteiger partial charge is 0.138 e. The van der Waals surface area contributed by atoms with Gasteiger partial charge in [0.15, 0.2) is 0 Å². The summed E-state index contributed by atoms with van der Waals surface area (Å²) in [4.78, 5) is 4.15. The third-order valence-corrected chi connectivity index (χ3v) is 2.38. The second kappa shape index (κ2) is 7.07. The molecule has 1 unspecified atom stereocenters. The van der Waals surface area contributed by atoms with Crippen LogP contribution < -0.4 is 10.5 Å². The Morgan fingerprint density at radius 3 is 2.82 bits per heavy atom. The number of ether oxygens (including phenoxy) is 1. The standard InChI is InChI=1S/C14H22N2O/c1-4-13(15)7-5-6-12-8-14(10-16-9-12)17-11(2)3/h5-6,8-11,13H,4,7,15H2,1-3H3. The molecule has 94 valence electrons. The fourth-order valence-corrected chi connectivity index (χ4v) is 1.41. The van der Waals surface area contributed by atoms with Gasteiger partial charge in [-0.3, -0.25) is 4.98 Å². The van der Waals surface area contributed by atoms with Crippen molar-refractivity contribution < 1.29 is 4.74 Å². The Hall–Kier alpha value is -1.35. The molecule has 0 aliphatic carbocycles. The van der Waals surface area contributed by atoms with Crippen molar-refractivity contribution in [1.82, 2.24) is 4.98 Å². The van der Waals surface area contributed by atoms with Crippen LogP contribution in [-0.2, 0) is 0 Å². The van der Waals surface area contributed by atoms with Gasteiger partial charge in [-0.25, -0.2) is 0 Å². The molecule has 3 nitrogen and oxygen atoms in total. The van der Waals surface area contributed by atoms with E-state index in [4.69, 9.17) is 10.5 Å². The van der Waals surface area contributed by atoms with E-state index in [9.17, 15) is 0 Å². The molecule has 0 aliphatic rings. The molecule has 1 atom stereocenters. The van der Waals surface area contributed by atoms with Crippen molar-refractivity contribution in [2.45, 2.75) is 45.8 Å². The van der Waals surface area contributed by atoms with E-state index in [0.29, 0.717) is 0 Å². The van der Waals surface area contributed by atoms with Gasteiger partial charge in [0.1, 0.15) is 5.75 Å². The molecule has 0 aliphatic heterocycles. The summed E-state index contributed by atoms with van der Waals surface area (Å²) in [6.07, 6.45) is 9.74. The lowest BCUT2D eigenvalue weighted by atomic mass is 10.1.